The maximum absolute atomic E-state index is 11.8. The molecule has 1 aromatic carbocycles. The van der Waals surface area contributed by atoms with E-state index in [1.54, 1.807) is 0 Å². The molecule has 0 aromatic heterocycles. The topological polar surface area (TPSA) is 44.8 Å². The highest BCUT2D eigenvalue weighted by Gasteiger charge is 2.60. The molecule has 0 N–H and O–H groups in total. The first-order valence-electron chi connectivity index (χ1n) is 15.8. The minimum absolute atomic E-state index is 0.0512. The summed E-state index contributed by atoms with van der Waals surface area (Å²) in [4.78, 5) is 12.9. The Morgan fingerprint density at radius 3 is 2.49 bits per heavy atom. The molecule has 5 heteroatoms. The largest absolute Gasteiger partial charge is 0.469 e. The second kappa shape index (κ2) is 12.4. The second-order valence-corrected chi connectivity index (χ2v) is 14.8. The van der Waals surface area contributed by atoms with Crippen molar-refractivity contribution in [2.45, 2.75) is 109 Å². The van der Waals surface area contributed by atoms with Gasteiger partial charge in [0.05, 0.1) is 26.4 Å². The number of aryl methyl sites for hydroxylation is 1. The van der Waals surface area contributed by atoms with Crippen molar-refractivity contribution < 1.29 is 18.5 Å². The molecule has 1 aromatic rings. The van der Waals surface area contributed by atoms with Gasteiger partial charge in [-0.1, -0.05) is 38.5 Å². The predicted octanol–water partition coefficient (Wildman–Crippen LogP) is 8.65. The van der Waals surface area contributed by atoms with Crippen LogP contribution in [0.3, 0.4) is 0 Å². The van der Waals surface area contributed by atoms with Crippen molar-refractivity contribution in [1.29, 1.82) is 0 Å². The lowest BCUT2D eigenvalue weighted by Crippen LogP contribution is -2.54. The Kier molecular flexibility index (Phi) is 9.40. The predicted molar refractivity (Wildman–Crippen MR) is 158 cm³/mol. The molecule has 9 atom stereocenters. The Labute approximate surface area is 241 Å². The Hall–Kier alpha value is -1.04. The van der Waals surface area contributed by atoms with Crippen LogP contribution in [0.4, 0.5) is 0 Å². The molecule has 0 heterocycles. The van der Waals surface area contributed by atoms with E-state index in [-0.39, 0.29) is 5.97 Å². The summed E-state index contributed by atoms with van der Waals surface area (Å²) in [6.45, 7) is 11.1. The number of carbonyl (C=O) groups is 1. The number of ether oxygens (including phenoxy) is 2. The zero-order chi connectivity index (χ0) is 27.6. The van der Waals surface area contributed by atoms with Crippen LogP contribution < -0.4 is 0 Å². The van der Waals surface area contributed by atoms with Crippen LogP contribution in [0.2, 0.25) is 0 Å². The summed E-state index contributed by atoms with van der Waals surface area (Å²) in [6, 6.07) is 8.49. The van der Waals surface area contributed by atoms with Gasteiger partial charge >= 0.3 is 5.97 Å². The van der Waals surface area contributed by atoms with Crippen LogP contribution in [0.1, 0.15) is 97.0 Å². The molecule has 4 fully saturated rings. The van der Waals surface area contributed by atoms with E-state index in [4.69, 9.17) is 13.7 Å². The molecule has 0 saturated heterocycles. The van der Waals surface area contributed by atoms with Crippen LogP contribution in [0, 0.1) is 53.3 Å². The van der Waals surface area contributed by atoms with Crippen LogP contribution in [-0.2, 0) is 18.5 Å². The van der Waals surface area contributed by atoms with Gasteiger partial charge in [-0.3, -0.25) is 4.79 Å². The van der Waals surface area contributed by atoms with Gasteiger partial charge in [0, 0.05) is 23.4 Å². The zero-order valence-corrected chi connectivity index (χ0v) is 25.9. The van der Waals surface area contributed by atoms with E-state index in [1.165, 1.54) is 82.5 Å². The molecule has 0 spiro atoms. The smallest absolute Gasteiger partial charge is 0.305 e. The fourth-order valence-electron chi connectivity index (χ4n) is 9.95. The first kappa shape index (κ1) is 29.5. The highest BCUT2D eigenvalue weighted by Crippen LogP contribution is 2.68. The Morgan fingerprint density at radius 2 is 1.72 bits per heavy atom. The number of carbonyl (C=O) groups excluding carboxylic acids is 1. The van der Waals surface area contributed by atoms with Crippen LogP contribution in [0.15, 0.2) is 29.2 Å². The van der Waals surface area contributed by atoms with E-state index < -0.39 is 0 Å². The summed E-state index contributed by atoms with van der Waals surface area (Å²) in [5.41, 5.74) is 2.21. The molecule has 0 amide bonds. The van der Waals surface area contributed by atoms with Gasteiger partial charge in [0.1, 0.15) is 0 Å². The average molecular weight is 557 g/mol. The van der Waals surface area contributed by atoms with Gasteiger partial charge < -0.3 is 13.7 Å². The first-order chi connectivity index (χ1) is 18.7. The lowest BCUT2D eigenvalue weighted by atomic mass is 9.44. The van der Waals surface area contributed by atoms with Gasteiger partial charge in [0.15, 0.2) is 0 Å². The van der Waals surface area contributed by atoms with Gasteiger partial charge in [-0.25, -0.2) is 0 Å². The molecule has 9 unspecified atom stereocenters. The van der Waals surface area contributed by atoms with E-state index in [1.807, 2.05) is 0 Å². The van der Waals surface area contributed by atoms with Crippen molar-refractivity contribution in [2.24, 2.45) is 46.3 Å². The molecule has 0 radical (unpaired) electrons. The molecule has 5 rings (SSSR count). The molecular weight excluding hydrogens is 504 g/mol. The van der Waals surface area contributed by atoms with Crippen LogP contribution in [0.5, 0.6) is 0 Å². The minimum atomic E-state index is -0.0512. The number of hydrogen-bond acceptors (Lipinski definition) is 5. The Bertz CT molecular complexity index is 964. The highest BCUT2D eigenvalue weighted by molar-refractivity contribution is 7.94. The molecule has 0 aliphatic heterocycles. The summed E-state index contributed by atoms with van der Waals surface area (Å²) >= 11 is 1.46. The molecule has 39 heavy (non-hydrogen) atoms. The fraction of sp³-hybridized carbons (Fsp3) is 0.794. The summed E-state index contributed by atoms with van der Waals surface area (Å²) < 4.78 is 17.1. The van der Waals surface area contributed by atoms with Crippen LogP contribution >= 0.6 is 12.0 Å². The number of fused-ring (bicyclic) bond motifs is 5. The Balaban J connectivity index is 1.11. The molecule has 218 valence electrons. The van der Waals surface area contributed by atoms with E-state index >= 15 is 0 Å². The average Bonchev–Trinajstić information content (AvgIpc) is 3.29. The molecule has 4 aliphatic rings. The summed E-state index contributed by atoms with van der Waals surface area (Å²) in [6.07, 6.45) is 14.0. The molecule has 4 aliphatic carbocycles. The van der Waals surface area contributed by atoms with Gasteiger partial charge in [-0.15, -0.1) is 0 Å². The monoisotopic (exact) mass is 556 g/mol. The summed E-state index contributed by atoms with van der Waals surface area (Å²) in [5.74, 6) is 4.77. The second-order valence-electron chi connectivity index (χ2n) is 14.0. The molecule has 4 saturated carbocycles. The lowest BCUT2D eigenvalue weighted by molar-refractivity contribution is -0.142. The van der Waals surface area contributed by atoms with Gasteiger partial charge in [0.2, 0.25) is 0 Å². The van der Waals surface area contributed by atoms with E-state index in [9.17, 15) is 4.79 Å². The van der Waals surface area contributed by atoms with Gasteiger partial charge in [0.25, 0.3) is 0 Å². The van der Waals surface area contributed by atoms with Crippen molar-refractivity contribution >= 4 is 18.0 Å². The van der Waals surface area contributed by atoms with Crippen LogP contribution in [-0.4, -0.2) is 32.4 Å². The van der Waals surface area contributed by atoms with E-state index in [0.717, 1.165) is 40.9 Å². The van der Waals surface area contributed by atoms with Gasteiger partial charge in [-0.2, -0.15) is 0 Å². The van der Waals surface area contributed by atoms with Crippen molar-refractivity contribution in [3.05, 3.63) is 29.8 Å². The Morgan fingerprint density at radius 1 is 0.974 bits per heavy atom. The maximum atomic E-state index is 11.8. The summed E-state index contributed by atoms with van der Waals surface area (Å²) in [5, 5.41) is 0. The molecule has 4 nitrogen and oxygen atoms in total. The lowest BCUT2D eigenvalue weighted by Gasteiger charge is -2.61. The zero-order valence-electron chi connectivity index (χ0n) is 25.1. The van der Waals surface area contributed by atoms with Gasteiger partial charge in [-0.05, 0) is 130 Å². The molecular formula is C34H52O4S. The third-order valence-electron chi connectivity index (χ3n) is 12.1. The van der Waals surface area contributed by atoms with E-state index in [0.29, 0.717) is 42.5 Å². The van der Waals surface area contributed by atoms with E-state index in [2.05, 4.69) is 52.0 Å². The number of methoxy groups -OCH3 is 1. The number of benzene rings is 1. The van der Waals surface area contributed by atoms with Crippen molar-refractivity contribution in [1.82, 2.24) is 0 Å². The van der Waals surface area contributed by atoms with Crippen LogP contribution in [0.25, 0.3) is 0 Å². The number of esters is 1. The minimum Gasteiger partial charge on any atom is -0.469 e. The standard InChI is InChI=1S/C34H52O4S/c1-23-6-10-27(11-7-23)39-38-21-20-37-26-16-18-33(3)25(22-26)9-12-28-30-14-13-29(24(2)8-15-32(35)36-5)34(30,4)19-17-31(28)33/h6-7,10-11,24-26,28-31H,8-9,12-22H2,1-5H3. The SMILES string of the molecule is COC(=O)CCC(C)C1CCC2C3CCC4CC(OCCOSc5ccc(C)cc5)CCC4(C)C3CCC12C. The quantitative estimate of drug-likeness (QED) is 0.164. The maximum Gasteiger partial charge on any atom is 0.305 e. The van der Waals surface area contributed by atoms with Crippen molar-refractivity contribution in [3.8, 4) is 0 Å². The fourth-order valence-corrected chi connectivity index (χ4v) is 10.5. The van der Waals surface area contributed by atoms with Crippen molar-refractivity contribution in [2.75, 3.05) is 20.3 Å². The molecule has 0 bridgehead atoms. The van der Waals surface area contributed by atoms with Crippen molar-refractivity contribution in [3.63, 3.8) is 0 Å². The summed E-state index contributed by atoms with van der Waals surface area (Å²) in [7, 11) is 1.51. The highest BCUT2D eigenvalue weighted by atomic mass is 32.2. The number of rotatable bonds is 10. The third-order valence-corrected chi connectivity index (χ3v) is 12.9. The normalized spacial score (nSPS) is 38.4. The first-order valence-corrected chi connectivity index (χ1v) is 16.5. The third kappa shape index (κ3) is 6.11. The number of hydrogen-bond donors (Lipinski definition) is 0.